The van der Waals surface area contributed by atoms with Crippen LogP contribution in [-0.2, 0) is 11.2 Å². The largest absolute Gasteiger partial charge is 0.381 e. The molecule has 1 fully saturated rings. The highest BCUT2D eigenvalue weighted by molar-refractivity contribution is 5.41. The highest BCUT2D eigenvalue weighted by atomic mass is 19.1. The Labute approximate surface area is 104 Å². The summed E-state index contributed by atoms with van der Waals surface area (Å²) >= 11 is 0. The molecule has 0 saturated carbocycles. The van der Waals surface area contributed by atoms with Crippen LogP contribution in [0.15, 0.2) is 18.2 Å². The highest BCUT2D eigenvalue weighted by Crippen LogP contribution is 2.28. The van der Waals surface area contributed by atoms with Gasteiger partial charge in [-0.25, -0.2) is 4.39 Å². The van der Waals surface area contributed by atoms with Gasteiger partial charge in [0.1, 0.15) is 5.82 Å². The zero-order valence-corrected chi connectivity index (χ0v) is 9.89. The summed E-state index contributed by atoms with van der Waals surface area (Å²) in [6.07, 6.45) is 1.55. The van der Waals surface area contributed by atoms with E-state index in [1.807, 2.05) is 0 Å². The van der Waals surface area contributed by atoms with Gasteiger partial charge in [0, 0.05) is 30.4 Å². The summed E-state index contributed by atoms with van der Waals surface area (Å²) in [6, 6.07) is 3.48. The number of hydrogen-bond acceptors (Lipinski definition) is 4. The molecule has 6 heteroatoms. The van der Waals surface area contributed by atoms with Gasteiger partial charge in [0.2, 0.25) is 0 Å². The van der Waals surface area contributed by atoms with Crippen molar-refractivity contribution in [2.75, 3.05) is 13.2 Å². The summed E-state index contributed by atoms with van der Waals surface area (Å²) in [5.41, 5.74) is 5.92. The predicted octanol–water partition coefficient (Wildman–Crippen LogP) is 1.78. The van der Waals surface area contributed by atoms with Crippen molar-refractivity contribution in [1.82, 2.24) is 0 Å². The van der Waals surface area contributed by atoms with Crippen molar-refractivity contribution in [3.05, 3.63) is 39.7 Å². The summed E-state index contributed by atoms with van der Waals surface area (Å²) in [7, 11) is 0. The molecule has 98 valence electrons. The van der Waals surface area contributed by atoms with Crippen LogP contribution in [0.2, 0.25) is 0 Å². The van der Waals surface area contributed by atoms with Gasteiger partial charge >= 0.3 is 0 Å². The van der Waals surface area contributed by atoms with E-state index in [4.69, 9.17) is 10.5 Å². The second-order valence-corrected chi connectivity index (χ2v) is 4.68. The highest BCUT2D eigenvalue weighted by Gasteiger charge is 2.31. The van der Waals surface area contributed by atoms with Gasteiger partial charge in [-0.2, -0.15) is 0 Å². The number of halogens is 1. The number of nitro benzene ring substituents is 1. The zero-order valence-electron chi connectivity index (χ0n) is 9.89. The van der Waals surface area contributed by atoms with Crippen LogP contribution in [-0.4, -0.2) is 23.7 Å². The quantitative estimate of drug-likeness (QED) is 0.658. The normalized spacial score (nSPS) is 18.6. The molecule has 0 spiro atoms. The third-order valence-corrected chi connectivity index (χ3v) is 3.27. The van der Waals surface area contributed by atoms with Crippen LogP contribution in [0.1, 0.15) is 18.4 Å². The second-order valence-electron chi connectivity index (χ2n) is 4.68. The van der Waals surface area contributed by atoms with E-state index in [1.54, 1.807) is 0 Å². The average molecular weight is 254 g/mol. The van der Waals surface area contributed by atoms with Crippen molar-refractivity contribution in [1.29, 1.82) is 0 Å². The number of hydrogen-bond donors (Lipinski definition) is 1. The Morgan fingerprint density at radius 1 is 1.44 bits per heavy atom. The lowest BCUT2D eigenvalue weighted by molar-refractivity contribution is -0.385. The van der Waals surface area contributed by atoms with Gasteiger partial charge in [-0.3, -0.25) is 10.1 Å². The first-order chi connectivity index (χ1) is 8.50. The molecule has 0 unspecified atom stereocenters. The summed E-state index contributed by atoms with van der Waals surface area (Å²) in [4.78, 5) is 10.4. The Kier molecular flexibility index (Phi) is 3.58. The van der Waals surface area contributed by atoms with Crippen LogP contribution in [0.3, 0.4) is 0 Å². The Hall–Kier alpha value is -1.53. The maximum absolute atomic E-state index is 13.2. The van der Waals surface area contributed by atoms with Crippen LogP contribution >= 0.6 is 0 Å². The van der Waals surface area contributed by atoms with Gasteiger partial charge in [-0.05, 0) is 31.4 Å². The fourth-order valence-corrected chi connectivity index (χ4v) is 2.21. The van der Waals surface area contributed by atoms with Gasteiger partial charge in [-0.15, -0.1) is 0 Å². The van der Waals surface area contributed by atoms with Crippen molar-refractivity contribution in [2.45, 2.75) is 24.8 Å². The zero-order chi connectivity index (χ0) is 13.2. The van der Waals surface area contributed by atoms with Gasteiger partial charge in [0.25, 0.3) is 5.69 Å². The molecule has 1 aromatic rings. The van der Waals surface area contributed by atoms with Gasteiger partial charge in [-0.1, -0.05) is 0 Å². The van der Waals surface area contributed by atoms with E-state index in [9.17, 15) is 14.5 Å². The third kappa shape index (κ3) is 2.83. The van der Waals surface area contributed by atoms with Gasteiger partial charge in [0.05, 0.1) is 4.92 Å². The van der Waals surface area contributed by atoms with Gasteiger partial charge in [0.15, 0.2) is 0 Å². The topological polar surface area (TPSA) is 78.4 Å². The standard InChI is InChI=1S/C12H15FN2O3/c13-10-1-2-11(15(16)17)9(7-10)8-12(14)3-5-18-6-4-12/h1-2,7H,3-6,8,14H2. The minimum absolute atomic E-state index is 0.0762. The minimum Gasteiger partial charge on any atom is -0.381 e. The van der Waals surface area contributed by atoms with Crippen molar-refractivity contribution in [2.24, 2.45) is 5.73 Å². The molecule has 1 saturated heterocycles. The molecular weight excluding hydrogens is 239 g/mol. The number of ether oxygens (including phenoxy) is 1. The van der Waals surface area contributed by atoms with E-state index in [-0.39, 0.29) is 5.69 Å². The van der Waals surface area contributed by atoms with Crippen LogP contribution in [0.4, 0.5) is 10.1 Å². The van der Waals surface area contributed by atoms with Crippen LogP contribution in [0.25, 0.3) is 0 Å². The molecule has 1 heterocycles. The maximum atomic E-state index is 13.2. The van der Waals surface area contributed by atoms with Crippen molar-refractivity contribution in [3.8, 4) is 0 Å². The molecule has 5 nitrogen and oxygen atoms in total. The smallest absolute Gasteiger partial charge is 0.272 e. The molecule has 0 amide bonds. The fourth-order valence-electron chi connectivity index (χ4n) is 2.21. The van der Waals surface area contributed by atoms with Crippen LogP contribution in [0.5, 0.6) is 0 Å². The maximum Gasteiger partial charge on any atom is 0.272 e. The molecule has 0 radical (unpaired) electrons. The Morgan fingerprint density at radius 3 is 2.72 bits per heavy atom. The van der Waals surface area contributed by atoms with Crippen LogP contribution in [0, 0.1) is 15.9 Å². The number of nitro groups is 1. The molecule has 2 N–H and O–H groups in total. The van der Waals surface area contributed by atoms with E-state index in [2.05, 4.69) is 0 Å². The lowest BCUT2D eigenvalue weighted by atomic mass is 9.84. The summed E-state index contributed by atoms with van der Waals surface area (Å²) in [5, 5.41) is 10.9. The molecule has 1 aromatic carbocycles. The lowest BCUT2D eigenvalue weighted by Crippen LogP contribution is -2.47. The SMILES string of the molecule is NC1(Cc2cc(F)ccc2[N+](=O)[O-])CCOCC1. The molecule has 0 aromatic heterocycles. The number of benzene rings is 1. The molecule has 0 aliphatic carbocycles. The first kappa shape index (κ1) is 12.9. The van der Waals surface area contributed by atoms with Crippen LogP contribution < -0.4 is 5.73 Å². The first-order valence-electron chi connectivity index (χ1n) is 5.80. The van der Waals surface area contributed by atoms with E-state index in [0.29, 0.717) is 38.0 Å². The molecule has 2 rings (SSSR count). The third-order valence-electron chi connectivity index (χ3n) is 3.27. The molecular formula is C12H15FN2O3. The summed E-state index contributed by atoms with van der Waals surface area (Å²) < 4.78 is 18.4. The minimum atomic E-state index is -0.545. The molecule has 1 aliphatic rings. The predicted molar refractivity (Wildman–Crippen MR) is 63.7 cm³/mol. The fraction of sp³-hybridized carbons (Fsp3) is 0.500. The van der Waals surface area contributed by atoms with E-state index in [1.165, 1.54) is 12.1 Å². The van der Waals surface area contributed by atoms with E-state index in [0.717, 1.165) is 6.07 Å². The Morgan fingerprint density at radius 2 is 2.11 bits per heavy atom. The molecule has 1 aliphatic heterocycles. The van der Waals surface area contributed by atoms with Gasteiger partial charge < -0.3 is 10.5 Å². The summed E-state index contributed by atoms with van der Waals surface area (Å²) in [5.74, 6) is -0.480. The molecule has 0 atom stereocenters. The van der Waals surface area contributed by atoms with Crippen molar-refractivity contribution >= 4 is 5.69 Å². The number of nitrogens with zero attached hydrogens (tertiary/aromatic N) is 1. The summed E-state index contributed by atoms with van der Waals surface area (Å²) in [6.45, 7) is 1.08. The van der Waals surface area contributed by atoms with E-state index < -0.39 is 16.3 Å². The van der Waals surface area contributed by atoms with Crippen molar-refractivity contribution < 1.29 is 14.1 Å². The van der Waals surface area contributed by atoms with Crippen molar-refractivity contribution in [3.63, 3.8) is 0 Å². The first-order valence-corrected chi connectivity index (χ1v) is 5.80. The Bertz CT molecular complexity index is 459. The lowest BCUT2D eigenvalue weighted by Gasteiger charge is -2.33. The van der Waals surface area contributed by atoms with E-state index >= 15 is 0 Å². The Balaban J connectivity index is 2.26. The average Bonchev–Trinajstić information content (AvgIpc) is 2.28. The monoisotopic (exact) mass is 254 g/mol. The number of rotatable bonds is 3. The molecule has 0 bridgehead atoms. The molecule has 18 heavy (non-hydrogen) atoms. The second kappa shape index (κ2) is 4.99. The number of nitrogens with two attached hydrogens (primary N) is 1.